The third kappa shape index (κ3) is 2.84. The molecule has 2 aliphatic heterocycles. The van der Waals surface area contributed by atoms with Crippen LogP contribution >= 0.6 is 0 Å². The predicted molar refractivity (Wildman–Crippen MR) is 107 cm³/mol. The van der Waals surface area contributed by atoms with Gasteiger partial charge in [-0.05, 0) is 11.6 Å². The number of nitrogens with zero attached hydrogens (tertiary/aromatic N) is 1. The maximum absolute atomic E-state index is 13.8. The van der Waals surface area contributed by atoms with E-state index in [9.17, 15) is 10.0 Å². The van der Waals surface area contributed by atoms with Crippen LogP contribution in [0.25, 0.3) is 10.9 Å². The lowest BCUT2D eigenvalue weighted by Gasteiger charge is -2.57. The Kier molecular flexibility index (Phi) is 4.77. The first kappa shape index (κ1) is 18.8. The molecule has 0 radical (unpaired) electrons. The van der Waals surface area contributed by atoms with Crippen LogP contribution in [0.3, 0.4) is 0 Å². The zero-order chi connectivity index (χ0) is 19.9. The van der Waals surface area contributed by atoms with Crippen LogP contribution in [0, 0.1) is 17.0 Å². The van der Waals surface area contributed by atoms with Crippen molar-refractivity contribution in [1.29, 1.82) is 0 Å². The van der Waals surface area contributed by atoms with Crippen LogP contribution in [0.2, 0.25) is 0 Å². The first-order valence-electron chi connectivity index (χ1n) is 9.63. The van der Waals surface area contributed by atoms with E-state index in [0.29, 0.717) is 25.1 Å². The number of carbonyl (C=O) groups is 1. The van der Waals surface area contributed by atoms with Gasteiger partial charge in [0, 0.05) is 35.6 Å². The number of benzene rings is 1. The number of aromatic nitrogens is 1. The molecule has 2 aliphatic rings. The Morgan fingerprint density at radius 3 is 2.86 bits per heavy atom. The van der Waals surface area contributed by atoms with Crippen molar-refractivity contribution in [3.8, 4) is 0 Å². The Bertz CT molecular complexity index is 947. The molecule has 3 heterocycles. The second kappa shape index (κ2) is 7.11. The van der Waals surface area contributed by atoms with Gasteiger partial charge in [0.2, 0.25) is 0 Å². The molecule has 0 amide bonds. The lowest BCUT2D eigenvalue weighted by atomic mass is 9.74. The second-order valence-corrected chi connectivity index (χ2v) is 7.73. The molecule has 6 heteroatoms. The van der Waals surface area contributed by atoms with Crippen LogP contribution in [0.15, 0.2) is 48.8 Å². The Labute approximate surface area is 164 Å². The largest absolute Gasteiger partial charge is 0.632 e. The highest BCUT2D eigenvalue weighted by atomic mass is 16.5. The summed E-state index contributed by atoms with van der Waals surface area (Å²) in [5.41, 5.74) is 3.77. The average molecular weight is 382 g/mol. The van der Waals surface area contributed by atoms with Crippen molar-refractivity contribution in [1.82, 2.24) is 4.98 Å². The van der Waals surface area contributed by atoms with Gasteiger partial charge in [0.1, 0.15) is 6.04 Å². The molecule has 28 heavy (non-hydrogen) atoms. The molecule has 1 aromatic heterocycles. The third-order valence-electron chi connectivity index (χ3n) is 6.37. The maximum atomic E-state index is 13.8. The molecular weight excluding hydrogens is 356 g/mol. The Hall–Kier alpha value is -2.57. The van der Waals surface area contributed by atoms with Gasteiger partial charge in [0.15, 0.2) is 0 Å². The van der Waals surface area contributed by atoms with Gasteiger partial charge in [-0.3, -0.25) is 0 Å². The van der Waals surface area contributed by atoms with Gasteiger partial charge in [-0.2, -0.15) is 0 Å². The minimum absolute atomic E-state index is 0.111. The first-order valence-corrected chi connectivity index (χ1v) is 9.63. The standard InChI is InChI=1S/C22H26N2O4/c1-4-14-12-24(26)10-9-16-15-7-5-6-8-19(15)23-21(16)20(24)11-17(14)18(13-27-2)22(25)28-3/h4-8,13-14,17,20,23H,1,9-12H2,2-3H3/b18-13+/t14-,17-,20-,24+/m0/s1. The molecule has 0 spiro atoms. The number of aromatic amines is 1. The number of nitrogens with one attached hydrogen (secondary N) is 1. The van der Waals surface area contributed by atoms with E-state index in [1.807, 2.05) is 18.2 Å². The molecule has 0 saturated carbocycles. The van der Waals surface area contributed by atoms with E-state index >= 15 is 0 Å². The number of piperidine rings is 1. The fraction of sp³-hybridized carbons (Fsp3) is 0.409. The number of H-pyrrole nitrogens is 1. The summed E-state index contributed by atoms with van der Waals surface area (Å²) in [6.45, 7) is 4.87. The molecule has 6 nitrogen and oxygen atoms in total. The number of ether oxygens (including phenoxy) is 2. The molecule has 0 unspecified atom stereocenters. The Morgan fingerprint density at radius 2 is 2.14 bits per heavy atom. The number of hydrogen-bond donors (Lipinski definition) is 1. The lowest BCUT2D eigenvalue weighted by molar-refractivity contribution is -0.923. The number of esters is 1. The highest BCUT2D eigenvalue weighted by Crippen LogP contribution is 2.49. The van der Waals surface area contributed by atoms with E-state index in [4.69, 9.17) is 9.47 Å². The van der Waals surface area contributed by atoms with Crippen LogP contribution in [-0.2, 0) is 20.7 Å². The number of rotatable bonds is 4. The summed E-state index contributed by atoms with van der Waals surface area (Å²) in [7, 11) is 2.88. The van der Waals surface area contributed by atoms with Gasteiger partial charge in [-0.15, -0.1) is 6.58 Å². The Morgan fingerprint density at radius 1 is 1.36 bits per heavy atom. The molecular formula is C22H26N2O4. The fourth-order valence-electron chi connectivity index (χ4n) is 5.02. The maximum Gasteiger partial charge on any atom is 0.337 e. The van der Waals surface area contributed by atoms with E-state index < -0.39 is 5.97 Å². The number of carbonyl (C=O) groups excluding carboxylic acids is 1. The van der Waals surface area contributed by atoms with Crippen molar-refractivity contribution in [2.75, 3.05) is 27.3 Å². The van der Waals surface area contributed by atoms with Crippen LogP contribution < -0.4 is 0 Å². The first-order chi connectivity index (χ1) is 13.5. The highest BCUT2D eigenvalue weighted by Gasteiger charge is 2.48. The molecule has 1 aromatic carbocycles. The summed E-state index contributed by atoms with van der Waals surface area (Å²) in [5, 5.41) is 15.0. The normalized spacial score (nSPS) is 29.7. The number of fused-ring (bicyclic) bond motifs is 5. The van der Waals surface area contributed by atoms with Crippen LogP contribution in [0.1, 0.15) is 23.7 Å². The van der Waals surface area contributed by atoms with Gasteiger partial charge in [0.05, 0.1) is 44.8 Å². The monoisotopic (exact) mass is 382 g/mol. The van der Waals surface area contributed by atoms with Crippen molar-refractivity contribution in [3.05, 3.63) is 65.2 Å². The van der Waals surface area contributed by atoms with Crippen molar-refractivity contribution in [2.24, 2.45) is 11.8 Å². The average Bonchev–Trinajstić information content (AvgIpc) is 3.09. The summed E-state index contributed by atoms with van der Waals surface area (Å²) in [4.78, 5) is 15.9. The molecule has 2 aromatic rings. The van der Waals surface area contributed by atoms with Crippen molar-refractivity contribution in [3.63, 3.8) is 0 Å². The number of hydroxylamine groups is 3. The molecule has 1 N–H and O–H groups in total. The highest BCUT2D eigenvalue weighted by molar-refractivity contribution is 5.89. The van der Waals surface area contributed by atoms with Gasteiger partial charge in [-0.1, -0.05) is 24.3 Å². The van der Waals surface area contributed by atoms with Gasteiger partial charge in [-0.25, -0.2) is 4.79 Å². The summed E-state index contributed by atoms with van der Waals surface area (Å²) >= 11 is 0. The molecule has 4 atom stereocenters. The van der Waals surface area contributed by atoms with Crippen molar-refractivity contribution >= 4 is 16.9 Å². The molecule has 0 bridgehead atoms. The summed E-state index contributed by atoms with van der Waals surface area (Å²) < 4.78 is 9.86. The van der Waals surface area contributed by atoms with E-state index in [2.05, 4.69) is 17.6 Å². The van der Waals surface area contributed by atoms with E-state index in [-0.39, 0.29) is 22.5 Å². The molecule has 4 rings (SSSR count). The molecule has 0 aliphatic carbocycles. The van der Waals surface area contributed by atoms with Gasteiger partial charge in [0.25, 0.3) is 0 Å². The third-order valence-corrected chi connectivity index (χ3v) is 6.37. The van der Waals surface area contributed by atoms with Crippen molar-refractivity contribution in [2.45, 2.75) is 18.9 Å². The minimum atomic E-state index is -0.419. The fourth-order valence-corrected chi connectivity index (χ4v) is 5.02. The van der Waals surface area contributed by atoms with Crippen LogP contribution in [-0.4, -0.2) is 42.9 Å². The summed E-state index contributed by atoms with van der Waals surface area (Å²) in [6.07, 6.45) is 4.55. The SMILES string of the molecule is C=C[C@H]1C[N@+]2([O-])CCc3c([nH]c4ccccc34)[C@@H]2C[C@@H]1/C(=C\OC)C(=O)OC. The van der Waals surface area contributed by atoms with Gasteiger partial charge < -0.3 is 24.3 Å². The zero-order valence-electron chi connectivity index (χ0n) is 16.3. The van der Waals surface area contributed by atoms with E-state index in [1.54, 1.807) is 6.08 Å². The summed E-state index contributed by atoms with van der Waals surface area (Å²) in [5.74, 6) is -0.704. The van der Waals surface area contributed by atoms with Crippen molar-refractivity contribution < 1.29 is 18.9 Å². The van der Waals surface area contributed by atoms with Gasteiger partial charge >= 0.3 is 5.97 Å². The van der Waals surface area contributed by atoms with Crippen LogP contribution in [0.5, 0.6) is 0 Å². The number of hydrogen-bond acceptors (Lipinski definition) is 4. The second-order valence-electron chi connectivity index (χ2n) is 7.73. The topological polar surface area (TPSA) is 74.4 Å². The zero-order valence-corrected chi connectivity index (χ0v) is 16.3. The van der Waals surface area contributed by atoms with E-state index in [0.717, 1.165) is 17.6 Å². The minimum Gasteiger partial charge on any atom is -0.632 e. The van der Waals surface area contributed by atoms with Crippen LogP contribution in [0.4, 0.5) is 0 Å². The van der Waals surface area contributed by atoms with E-state index in [1.165, 1.54) is 31.4 Å². The quantitative estimate of drug-likeness (QED) is 0.219. The molecule has 1 saturated heterocycles. The number of para-hydroxylation sites is 1. The molecule has 1 fully saturated rings. The number of methoxy groups -OCH3 is 2. The lowest BCUT2D eigenvalue weighted by Crippen LogP contribution is -2.57. The molecule has 148 valence electrons. The summed E-state index contributed by atoms with van der Waals surface area (Å²) in [6, 6.07) is 7.93. The number of quaternary nitrogens is 1. The Balaban J connectivity index is 1.79. The smallest absolute Gasteiger partial charge is 0.337 e. The predicted octanol–water partition coefficient (Wildman–Crippen LogP) is 3.61.